The van der Waals surface area contributed by atoms with Crippen molar-refractivity contribution in [2.24, 2.45) is 0 Å². The highest BCUT2D eigenvalue weighted by Crippen LogP contribution is 2.46. The first-order valence-electron chi connectivity index (χ1n) is 7.76. The average Bonchev–Trinajstić information content (AvgIpc) is 2.83. The normalized spacial score (nSPS) is 30.4. The van der Waals surface area contributed by atoms with E-state index in [0.29, 0.717) is 11.3 Å². The van der Waals surface area contributed by atoms with Crippen molar-refractivity contribution in [2.45, 2.75) is 47.7 Å². The van der Waals surface area contributed by atoms with E-state index in [-0.39, 0.29) is 16.8 Å². The van der Waals surface area contributed by atoms with Gasteiger partial charge in [0.15, 0.2) is 12.2 Å². The molecule has 0 spiro atoms. The molecule has 0 saturated carbocycles. The number of nitriles is 1. The molecule has 0 N–H and O–H groups in total. The van der Waals surface area contributed by atoms with Crippen molar-refractivity contribution in [1.29, 1.82) is 5.26 Å². The number of ether oxygens (including phenoxy) is 3. The van der Waals surface area contributed by atoms with Gasteiger partial charge in [-0.3, -0.25) is 9.59 Å². The standard InChI is InChI=1S/C17H17NO5S2/c1-9(19)21-14-13-8-24-17(16(23-13)15(14)22-10(2)20)25-12-5-3-11(7-18)4-6-12/h3-6,13-17H,8H2,1-2H3/t13-,14-,15+,16-,17-/m1/s1. The van der Waals surface area contributed by atoms with E-state index in [4.69, 9.17) is 19.5 Å². The average molecular weight is 379 g/mol. The summed E-state index contributed by atoms with van der Waals surface area (Å²) in [5, 5.41) is 8.88. The molecule has 5 atom stereocenters. The highest BCUT2D eigenvalue weighted by molar-refractivity contribution is 8.17. The van der Waals surface area contributed by atoms with E-state index in [1.807, 2.05) is 12.1 Å². The molecular formula is C17H17NO5S2. The fourth-order valence-corrected chi connectivity index (χ4v) is 5.71. The van der Waals surface area contributed by atoms with Crippen molar-refractivity contribution in [3.8, 4) is 6.07 Å². The fraction of sp³-hybridized carbons (Fsp3) is 0.471. The van der Waals surface area contributed by atoms with Crippen LogP contribution in [0, 0.1) is 11.3 Å². The highest BCUT2D eigenvalue weighted by Gasteiger charge is 2.55. The van der Waals surface area contributed by atoms with Crippen LogP contribution in [0.3, 0.4) is 0 Å². The lowest BCUT2D eigenvalue weighted by Crippen LogP contribution is -2.40. The lowest BCUT2D eigenvalue weighted by molar-refractivity contribution is -0.163. The lowest BCUT2D eigenvalue weighted by atomic mass is 10.1. The molecule has 25 heavy (non-hydrogen) atoms. The largest absolute Gasteiger partial charge is 0.456 e. The molecule has 6 nitrogen and oxygen atoms in total. The van der Waals surface area contributed by atoms with E-state index in [1.54, 1.807) is 35.7 Å². The van der Waals surface area contributed by atoms with Crippen LogP contribution in [0.5, 0.6) is 0 Å². The van der Waals surface area contributed by atoms with Crippen LogP contribution in [0.1, 0.15) is 19.4 Å². The van der Waals surface area contributed by atoms with Gasteiger partial charge in [-0.2, -0.15) is 5.26 Å². The van der Waals surface area contributed by atoms with E-state index < -0.39 is 24.1 Å². The number of rotatable bonds is 4. The first-order valence-corrected chi connectivity index (χ1v) is 9.69. The molecule has 2 fully saturated rings. The molecule has 0 amide bonds. The SMILES string of the molecule is CC(=O)O[C@@H]1[C@H]2O[C@H](CS[C@@H]2Sc2ccc(C#N)cc2)[C@H]1OC(C)=O. The quantitative estimate of drug-likeness (QED) is 0.737. The van der Waals surface area contributed by atoms with Gasteiger partial charge in [0.05, 0.1) is 16.2 Å². The molecule has 132 valence electrons. The van der Waals surface area contributed by atoms with Crippen LogP contribution in [-0.4, -0.2) is 46.7 Å². The highest BCUT2D eigenvalue weighted by atomic mass is 32.2. The number of hydrogen-bond acceptors (Lipinski definition) is 8. The number of hydrogen-bond donors (Lipinski definition) is 0. The number of esters is 2. The van der Waals surface area contributed by atoms with Crippen molar-refractivity contribution >= 4 is 35.5 Å². The van der Waals surface area contributed by atoms with Gasteiger partial charge in [0, 0.05) is 24.5 Å². The van der Waals surface area contributed by atoms with Crippen LogP contribution in [-0.2, 0) is 23.8 Å². The van der Waals surface area contributed by atoms with Gasteiger partial charge in [-0.1, -0.05) is 0 Å². The lowest BCUT2D eigenvalue weighted by Gasteiger charge is -2.29. The number of nitrogens with zero attached hydrogens (tertiary/aromatic N) is 1. The summed E-state index contributed by atoms with van der Waals surface area (Å²) in [7, 11) is 0. The molecule has 2 heterocycles. The topological polar surface area (TPSA) is 85.6 Å². The third-order valence-electron chi connectivity index (χ3n) is 3.88. The van der Waals surface area contributed by atoms with Gasteiger partial charge in [0.2, 0.25) is 0 Å². The van der Waals surface area contributed by atoms with Gasteiger partial charge in [-0.05, 0) is 24.3 Å². The molecule has 1 aromatic carbocycles. The van der Waals surface area contributed by atoms with E-state index >= 15 is 0 Å². The maximum atomic E-state index is 11.5. The third-order valence-corrected chi connectivity index (χ3v) is 6.74. The minimum atomic E-state index is -0.614. The zero-order valence-electron chi connectivity index (χ0n) is 13.7. The van der Waals surface area contributed by atoms with Gasteiger partial charge in [0.25, 0.3) is 0 Å². The molecule has 2 aliphatic rings. The van der Waals surface area contributed by atoms with Crippen molar-refractivity contribution in [1.82, 2.24) is 0 Å². The van der Waals surface area contributed by atoms with Crippen molar-refractivity contribution in [3.05, 3.63) is 29.8 Å². The van der Waals surface area contributed by atoms with Crippen LogP contribution >= 0.6 is 23.5 Å². The monoisotopic (exact) mass is 379 g/mol. The van der Waals surface area contributed by atoms with Gasteiger partial charge < -0.3 is 14.2 Å². The minimum absolute atomic E-state index is 0.00547. The Labute approximate surface area is 154 Å². The number of carbonyl (C=O) groups excluding carboxylic acids is 2. The summed E-state index contributed by atoms with van der Waals surface area (Å²) in [6.45, 7) is 2.67. The summed E-state index contributed by atoms with van der Waals surface area (Å²) >= 11 is 3.29. The molecule has 0 unspecified atom stereocenters. The van der Waals surface area contributed by atoms with Crippen molar-refractivity contribution in [2.75, 3.05) is 5.75 Å². The summed E-state index contributed by atoms with van der Waals surface area (Å²) in [6.07, 6.45) is -1.83. The second-order valence-electron chi connectivity index (χ2n) is 5.74. The van der Waals surface area contributed by atoms with Crippen LogP contribution in [0.2, 0.25) is 0 Å². The van der Waals surface area contributed by atoms with Gasteiger partial charge in [-0.25, -0.2) is 0 Å². The number of thioether (sulfide) groups is 2. The van der Waals surface area contributed by atoms with E-state index in [9.17, 15) is 9.59 Å². The Hall–Kier alpha value is -1.69. The summed E-state index contributed by atoms with van der Waals surface area (Å²) in [6, 6.07) is 9.39. The Balaban J connectivity index is 1.77. The Morgan fingerprint density at radius 3 is 2.44 bits per heavy atom. The molecule has 3 rings (SSSR count). The van der Waals surface area contributed by atoms with Crippen LogP contribution in [0.4, 0.5) is 0 Å². The third kappa shape index (κ3) is 4.11. The van der Waals surface area contributed by atoms with Crippen molar-refractivity contribution < 1.29 is 23.8 Å². The van der Waals surface area contributed by atoms with E-state index in [2.05, 4.69) is 6.07 Å². The molecule has 0 aromatic heterocycles. The zero-order valence-corrected chi connectivity index (χ0v) is 15.3. The van der Waals surface area contributed by atoms with E-state index in [1.165, 1.54) is 13.8 Å². The molecule has 2 bridgehead atoms. The summed E-state index contributed by atoms with van der Waals surface area (Å²) in [5.41, 5.74) is 0.602. The zero-order chi connectivity index (χ0) is 18.0. The van der Waals surface area contributed by atoms with Crippen LogP contribution in [0.25, 0.3) is 0 Å². The molecule has 0 aliphatic carbocycles. The molecule has 8 heteroatoms. The van der Waals surface area contributed by atoms with E-state index in [0.717, 1.165) is 4.90 Å². The molecule has 2 saturated heterocycles. The first kappa shape index (κ1) is 18.1. The second-order valence-corrected chi connectivity index (χ2v) is 8.43. The van der Waals surface area contributed by atoms with Gasteiger partial charge in [0.1, 0.15) is 12.2 Å². The summed E-state index contributed by atoms with van der Waals surface area (Å²) < 4.78 is 16.8. The van der Waals surface area contributed by atoms with Gasteiger partial charge in [-0.15, -0.1) is 23.5 Å². The number of benzene rings is 1. The number of carbonyl (C=O) groups is 2. The maximum absolute atomic E-state index is 11.5. The number of fused-ring (bicyclic) bond motifs is 2. The minimum Gasteiger partial charge on any atom is -0.456 e. The first-order chi connectivity index (χ1) is 12.0. The molecule has 0 radical (unpaired) electrons. The second kappa shape index (κ2) is 7.68. The smallest absolute Gasteiger partial charge is 0.303 e. The Morgan fingerprint density at radius 2 is 1.84 bits per heavy atom. The maximum Gasteiger partial charge on any atom is 0.303 e. The molecular weight excluding hydrogens is 362 g/mol. The molecule has 2 aliphatic heterocycles. The van der Waals surface area contributed by atoms with Gasteiger partial charge >= 0.3 is 11.9 Å². The Kier molecular flexibility index (Phi) is 5.57. The van der Waals surface area contributed by atoms with Crippen molar-refractivity contribution in [3.63, 3.8) is 0 Å². The fourth-order valence-electron chi connectivity index (χ4n) is 2.90. The van der Waals surface area contributed by atoms with Crippen LogP contribution in [0.15, 0.2) is 29.2 Å². The summed E-state index contributed by atoms with van der Waals surface area (Å²) in [4.78, 5) is 23.9. The predicted octanol–water partition coefficient (Wildman–Crippen LogP) is 2.35. The Bertz CT molecular complexity index is 702. The predicted molar refractivity (Wildman–Crippen MR) is 93.0 cm³/mol. The summed E-state index contributed by atoms with van der Waals surface area (Å²) in [5.74, 6) is -0.190. The van der Waals surface area contributed by atoms with Crippen LogP contribution < -0.4 is 0 Å². The molecule has 1 aromatic rings. The Morgan fingerprint density at radius 1 is 1.20 bits per heavy atom.